The summed E-state index contributed by atoms with van der Waals surface area (Å²) >= 11 is 3.19. The first-order valence-corrected chi connectivity index (χ1v) is 31.5. The van der Waals surface area contributed by atoms with E-state index < -0.39 is 53.2 Å². The van der Waals surface area contributed by atoms with Gasteiger partial charge in [-0.25, -0.2) is 14.8 Å². The number of likely N-dealkylation sites (tertiary alicyclic amines) is 4. The van der Waals surface area contributed by atoms with Crippen molar-refractivity contribution in [2.24, 2.45) is 16.6 Å². The SMILES string of the molecule is Cc1ncsc1-c1ccc(CNC(=O)[C@@H]2C[C@@H](O)CN2C(=O)[C@@H](N)C(C)(C)C)cc1.Cc1ncsc1-c1ccc(CNC(=O)[C@@H]2C[C@@H](O)CN2C(=O)[C@@H](NC(=O)COCCN2CCCCC2)C(C)(C)C)cc1.O=C(O)COCCN1CCCCC1.S. The number of piperidine rings is 2. The van der Waals surface area contributed by atoms with Crippen LogP contribution >= 0.6 is 36.2 Å². The molecule has 21 nitrogen and oxygen atoms in total. The minimum Gasteiger partial charge on any atom is -0.480 e. The van der Waals surface area contributed by atoms with Crippen molar-refractivity contribution in [2.45, 2.75) is 156 Å². The van der Waals surface area contributed by atoms with E-state index >= 15 is 0 Å². The fourth-order valence-corrected chi connectivity index (χ4v) is 12.2. The van der Waals surface area contributed by atoms with Crippen molar-refractivity contribution in [1.29, 1.82) is 0 Å². The number of carbonyl (C=O) groups excluding carboxylic acids is 5. The number of β-amino-alcohol motifs (C(OH)–C–C–N with tert-alkyl or cyclic N) is 2. The molecular formula is C62H94N10O11S3. The lowest BCUT2D eigenvalue weighted by Crippen LogP contribution is -2.58. The Morgan fingerprint density at radius 1 is 0.628 bits per heavy atom. The van der Waals surface area contributed by atoms with Gasteiger partial charge < -0.3 is 66.1 Å². The van der Waals surface area contributed by atoms with Gasteiger partial charge in [-0.2, -0.15) is 13.5 Å². The van der Waals surface area contributed by atoms with Crippen molar-refractivity contribution >= 4 is 71.7 Å². The zero-order valence-electron chi connectivity index (χ0n) is 51.5. The number of aliphatic carboxylic acids is 1. The number of ether oxygens (including phenoxy) is 2. The van der Waals surface area contributed by atoms with Crippen molar-refractivity contribution in [3.63, 3.8) is 0 Å². The second-order valence-electron chi connectivity index (χ2n) is 24.7. The summed E-state index contributed by atoms with van der Waals surface area (Å²) in [4.78, 5) is 93.8. The Kier molecular flexibility index (Phi) is 28.5. The number of aromatic nitrogens is 2. The van der Waals surface area contributed by atoms with Crippen LogP contribution in [0.3, 0.4) is 0 Å². The third kappa shape index (κ3) is 22.0. The van der Waals surface area contributed by atoms with Crippen LogP contribution in [0.2, 0.25) is 0 Å². The first-order valence-electron chi connectivity index (χ1n) is 29.8. The Morgan fingerprint density at radius 2 is 1.03 bits per heavy atom. The zero-order valence-corrected chi connectivity index (χ0v) is 54.1. The van der Waals surface area contributed by atoms with E-state index in [0.29, 0.717) is 26.3 Å². The Hall–Kier alpha value is -5.41. The molecule has 0 unspecified atom stereocenters. The number of carbonyl (C=O) groups is 6. The number of nitrogens with two attached hydrogens (primary N) is 1. The van der Waals surface area contributed by atoms with Gasteiger partial charge >= 0.3 is 5.97 Å². The molecule has 24 heteroatoms. The fourth-order valence-electron chi connectivity index (χ4n) is 10.6. The predicted octanol–water partition coefficient (Wildman–Crippen LogP) is 5.49. The lowest BCUT2D eigenvalue weighted by molar-refractivity contribution is -0.144. The van der Waals surface area contributed by atoms with Gasteiger partial charge in [-0.15, -0.1) is 22.7 Å². The van der Waals surface area contributed by atoms with E-state index in [1.807, 2.05) is 115 Å². The van der Waals surface area contributed by atoms with Gasteiger partial charge in [-0.3, -0.25) is 24.0 Å². The lowest BCUT2D eigenvalue weighted by Gasteiger charge is -2.35. The maximum absolute atomic E-state index is 13.7. The summed E-state index contributed by atoms with van der Waals surface area (Å²) in [7, 11) is 0. The number of amides is 5. The van der Waals surface area contributed by atoms with E-state index in [1.165, 1.54) is 48.3 Å². The number of aryl methyl sites for hydroxylation is 2. The molecule has 4 aliphatic heterocycles. The number of benzene rings is 2. The molecule has 2 aromatic heterocycles. The van der Waals surface area contributed by atoms with E-state index in [-0.39, 0.29) is 82.2 Å². The van der Waals surface area contributed by atoms with Crippen LogP contribution in [0.15, 0.2) is 59.6 Å². The van der Waals surface area contributed by atoms with Gasteiger partial charge in [0.25, 0.3) is 0 Å². The molecule has 0 aliphatic carbocycles. The van der Waals surface area contributed by atoms with Gasteiger partial charge in [0.2, 0.25) is 29.5 Å². The Balaban J connectivity index is 0.000000266. The third-order valence-electron chi connectivity index (χ3n) is 15.7. The Morgan fingerprint density at radius 3 is 1.41 bits per heavy atom. The number of nitrogens with zero attached hydrogens (tertiary/aromatic N) is 6. The van der Waals surface area contributed by atoms with Crippen LogP contribution in [-0.2, 0) is 51.3 Å². The summed E-state index contributed by atoms with van der Waals surface area (Å²) in [5.74, 6) is -2.56. The van der Waals surface area contributed by atoms with Crippen molar-refractivity contribution in [3.05, 3.63) is 82.1 Å². The molecule has 2 aromatic carbocycles. The molecule has 6 heterocycles. The highest BCUT2D eigenvalue weighted by atomic mass is 32.1. The van der Waals surface area contributed by atoms with Crippen LogP contribution in [0.25, 0.3) is 20.9 Å². The molecule has 4 aliphatic rings. The van der Waals surface area contributed by atoms with Gasteiger partial charge in [-0.05, 0) is 98.8 Å². The molecule has 5 amide bonds. The number of aliphatic hydroxyl groups is 2. The molecule has 6 atom stereocenters. The second-order valence-corrected chi connectivity index (χ2v) is 26.4. The monoisotopic (exact) mass is 1250 g/mol. The quantitative estimate of drug-likeness (QED) is 0.0508. The summed E-state index contributed by atoms with van der Waals surface area (Å²) in [6.45, 7) is 22.7. The highest BCUT2D eigenvalue weighted by Gasteiger charge is 2.45. The number of hydrogen-bond donors (Lipinski definition) is 7. The number of hydrogen-bond acceptors (Lipinski definition) is 17. The summed E-state index contributed by atoms with van der Waals surface area (Å²) in [5.41, 5.74) is 14.7. The largest absolute Gasteiger partial charge is 0.480 e. The van der Waals surface area contributed by atoms with Gasteiger partial charge in [0.05, 0.1) is 63.6 Å². The molecule has 4 aromatic rings. The van der Waals surface area contributed by atoms with Crippen LogP contribution in [-0.4, -0.2) is 196 Å². The lowest BCUT2D eigenvalue weighted by atomic mass is 9.85. The molecular weight excluding hydrogens is 1160 g/mol. The number of thiazole rings is 2. The van der Waals surface area contributed by atoms with Crippen molar-refractivity contribution in [2.75, 3.05) is 78.8 Å². The van der Waals surface area contributed by atoms with E-state index in [9.17, 15) is 39.0 Å². The first kappa shape index (κ1) is 71.3. The average Bonchev–Trinajstić information content (AvgIpc) is 4.29. The molecule has 0 radical (unpaired) electrons. The number of carboxylic acid groups (broad SMARTS) is 1. The number of aliphatic hydroxyl groups excluding tert-OH is 2. The molecule has 0 bridgehead atoms. The minimum atomic E-state index is -0.890. The Bertz CT molecular complexity index is 2780. The topological polar surface area (TPSA) is 282 Å². The standard InChI is InChI=1S/C31H45N5O5S.C22H30N4O3S.C9H17NO3.H2S/c1-21-27(42-20-33-21)23-10-8-22(9-11-23)17-32-29(39)25-16-24(37)18-36(25)30(40)28(31(2,3)4)34-26(38)19-41-15-14-35-12-6-5-7-13-35;1-13-18(30-12-25-13)15-7-5-14(6-8-15)10-24-20(28)17-9-16(27)11-26(17)21(29)19(23)22(2,3)4;11-9(12)8-13-7-6-10-4-2-1-3-5-10;/h8-11,20,24-25,28,37H,5-7,12-19H2,1-4H3,(H,32,39)(H,34,38);5-8,12,16-17,19,27H,9-11,23H2,1-4H3,(H,24,28);1-8H2,(H,11,12);1H2/t24-,25+,28-;16-,17+,19-;;/m11../s1. The van der Waals surface area contributed by atoms with Crippen molar-refractivity contribution < 1.29 is 53.6 Å². The fraction of sp³-hybridized carbons (Fsp3) is 0.613. The molecule has 0 saturated carbocycles. The second kappa shape index (κ2) is 34.4. The summed E-state index contributed by atoms with van der Waals surface area (Å²) in [6.07, 6.45) is 6.33. The molecule has 8 N–H and O–H groups in total. The zero-order chi connectivity index (χ0) is 61.8. The van der Waals surface area contributed by atoms with Gasteiger partial charge in [0.15, 0.2) is 0 Å². The van der Waals surface area contributed by atoms with Gasteiger partial charge in [0.1, 0.15) is 31.3 Å². The van der Waals surface area contributed by atoms with Crippen LogP contribution in [0.1, 0.15) is 115 Å². The minimum absolute atomic E-state index is 0. The first-order chi connectivity index (χ1) is 40.4. The van der Waals surface area contributed by atoms with Crippen LogP contribution in [0.4, 0.5) is 0 Å². The van der Waals surface area contributed by atoms with Crippen LogP contribution in [0, 0.1) is 24.7 Å². The highest BCUT2D eigenvalue weighted by molar-refractivity contribution is 7.59. The van der Waals surface area contributed by atoms with Crippen molar-refractivity contribution in [1.82, 2.24) is 45.5 Å². The molecule has 476 valence electrons. The van der Waals surface area contributed by atoms with E-state index in [0.717, 1.165) is 82.7 Å². The molecule has 86 heavy (non-hydrogen) atoms. The van der Waals surface area contributed by atoms with Crippen molar-refractivity contribution in [3.8, 4) is 20.9 Å². The molecule has 4 fully saturated rings. The predicted molar refractivity (Wildman–Crippen MR) is 340 cm³/mol. The maximum atomic E-state index is 13.7. The molecule has 0 spiro atoms. The smallest absolute Gasteiger partial charge is 0.329 e. The summed E-state index contributed by atoms with van der Waals surface area (Å²) < 4.78 is 10.6. The van der Waals surface area contributed by atoms with Gasteiger partial charge in [0, 0.05) is 52.1 Å². The number of nitrogens with one attached hydrogen (secondary N) is 3. The van der Waals surface area contributed by atoms with E-state index in [4.69, 9.17) is 20.3 Å². The summed E-state index contributed by atoms with van der Waals surface area (Å²) in [6, 6.07) is 12.7. The van der Waals surface area contributed by atoms with Crippen LogP contribution in [0.5, 0.6) is 0 Å². The third-order valence-corrected chi connectivity index (χ3v) is 17.6. The molecule has 4 saturated heterocycles. The number of carboxylic acids is 1. The van der Waals surface area contributed by atoms with Crippen LogP contribution < -0.4 is 21.7 Å². The highest BCUT2D eigenvalue weighted by Crippen LogP contribution is 2.31. The maximum Gasteiger partial charge on any atom is 0.329 e. The Labute approximate surface area is 522 Å². The van der Waals surface area contributed by atoms with E-state index in [1.54, 1.807) is 22.7 Å². The van der Waals surface area contributed by atoms with E-state index in [2.05, 4.69) is 35.7 Å². The van der Waals surface area contributed by atoms with Gasteiger partial charge in [-0.1, -0.05) is 103 Å². The average molecular weight is 1250 g/mol. The number of rotatable bonds is 21. The summed E-state index contributed by atoms with van der Waals surface area (Å²) in [5, 5.41) is 37.5. The normalized spacial score (nSPS) is 19.8. The molecule has 8 rings (SSSR count).